The fourth-order valence-electron chi connectivity index (χ4n) is 2.73. The summed E-state index contributed by atoms with van der Waals surface area (Å²) in [6.45, 7) is 6.94. The largest absolute Gasteiger partial charge is 0.508 e. The number of carbonyl (C=O) groups excluding carboxylic acids is 1. The predicted molar refractivity (Wildman–Crippen MR) is 95.1 cm³/mol. The van der Waals surface area contributed by atoms with Crippen LogP contribution in [0.15, 0.2) is 18.2 Å². The topological polar surface area (TPSA) is 76.0 Å². The number of hydrogen-bond acceptors (Lipinski definition) is 5. The number of rotatable bonds is 1. The maximum absolute atomic E-state index is 12.6. The molecule has 0 atom stereocenters. The average Bonchev–Trinajstić information content (AvgIpc) is 2.72. The average molecular weight is 361 g/mol. The highest BCUT2D eigenvalue weighted by Gasteiger charge is 2.31. The molecular weight excluding hydrogens is 344 g/mol. The van der Waals surface area contributed by atoms with Gasteiger partial charge in [-0.25, -0.2) is 4.79 Å². The van der Waals surface area contributed by atoms with Crippen molar-refractivity contribution in [2.75, 3.05) is 0 Å². The van der Waals surface area contributed by atoms with E-state index in [2.05, 4.69) is 0 Å². The minimum Gasteiger partial charge on any atom is -0.508 e. The molecule has 0 aromatic heterocycles. The van der Waals surface area contributed by atoms with Crippen LogP contribution in [0, 0.1) is 13.8 Å². The summed E-state index contributed by atoms with van der Waals surface area (Å²) in [7, 11) is 0. The minimum absolute atomic E-state index is 0.00472. The molecule has 6 heteroatoms. The maximum atomic E-state index is 12.6. The van der Waals surface area contributed by atoms with E-state index in [9.17, 15) is 15.0 Å². The van der Waals surface area contributed by atoms with Crippen LogP contribution in [0.25, 0.3) is 5.57 Å². The Balaban J connectivity index is 2.35. The van der Waals surface area contributed by atoms with E-state index < -0.39 is 5.97 Å². The van der Waals surface area contributed by atoms with Gasteiger partial charge in [-0.2, -0.15) is 0 Å². The molecule has 3 rings (SSSR count). The molecule has 2 aromatic carbocycles. The Morgan fingerprint density at radius 2 is 1.76 bits per heavy atom. The van der Waals surface area contributed by atoms with Gasteiger partial charge < -0.3 is 19.7 Å². The zero-order valence-corrected chi connectivity index (χ0v) is 15.0. The number of esters is 1. The van der Waals surface area contributed by atoms with E-state index >= 15 is 0 Å². The molecule has 0 saturated heterocycles. The van der Waals surface area contributed by atoms with Crippen LogP contribution in [0.3, 0.4) is 0 Å². The van der Waals surface area contributed by atoms with E-state index in [1.807, 2.05) is 19.9 Å². The second kappa shape index (κ2) is 6.01. The third-order valence-corrected chi connectivity index (χ3v) is 4.85. The maximum Gasteiger partial charge on any atom is 0.347 e. The quantitative estimate of drug-likeness (QED) is 0.545. The lowest BCUT2D eigenvalue weighted by Crippen LogP contribution is -2.10. The van der Waals surface area contributed by atoms with Crippen molar-refractivity contribution >= 4 is 23.1 Å². The number of fused-ring (bicyclic) bond motifs is 2. The standard InChI is InChI=1S/C19H17ClO5/c1-5-8(2)11-6-12(21)9(3)17-18(11)24-14-7-13(22)16(20)10(4)15(14)19(23)25-17/h5-7,21-22H,1-4H3/b8-5+. The number of halogens is 1. The van der Waals surface area contributed by atoms with Gasteiger partial charge >= 0.3 is 5.97 Å². The zero-order valence-electron chi connectivity index (χ0n) is 14.2. The van der Waals surface area contributed by atoms with Crippen molar-refractivity contribution < 1.29 is 24.5 Å². The van der Waals surface area contributed by atoms with Crippen LogP contribution in [-0.2, 0) is 0 Å². The molecule has 0 radical (unpaired) electrons. The van der Waals surface area contributed by atoms with Crippen molar-refractivity contribution in [3.8, 4) is 28.7 Å². The Labute approximate surface area is 150 Å². The first-order valence-corrected chi connectivity index (χ1v) is 8.06. The summed E-state index contributed by atoms with van der Waals surface area (Å²) in [6, 6.07) is 2.85. The highest BCUT2D eigenvalue weighted by molar-refractivity contribution is 6.33. The summed E-state index contributed by atoms with van der Waals surface area (Å²) < 4.78 is 11.5. The van der Waals surface area contributed by atoms with E-state index in [1.54, 1.807) is 19.9 Å². The minimum atomic E-state index is -0.661. The molecule has 130 valence electrons. The molecule has 2 aromatic rings. The SMILES string of the molecule is C/C=C(\C)c1cc(O)c(C)c2c1Oc1cc(O)c(Cl)c(C)c1C(=O)O2. The number of phenolic OH excluding ortho intramolecular Hbond substituents is 2. The number of aromatic hydroxyl groups is 2. The summed E-state index contributed by atoms with van der Waals surface area (Å²) in [5.41, 5.74) is 2.31. The van der Waals surface area contributed by atoms with Gasteiger partial charge in [0, 0.05) is 17.2 Å². The van der Waals surface area contributed by atoms with Crippen LogP contribution in [0.2, 0.25) is 5.02 Å². The van der Waals surface area contributed by atoms with Gasteiger partial charge in [0.1, 0.15) is 22.8 Å². The molecule has 0 saturated carbocycles. The lowest BCUT2D eigenvalue weighted by molar-refractivity contribution is 0.0735. The number of phenols is 2. The van der Waals surface area contributed by atoms with Crippen molar-refractivity contribution in [1.82, 2.24) is 0 Å². The summed E-state index contributed by atoms with van der Waals surface area (Å²) in [4.78, 5) is 12.6. The zero-order chi connectivity index (χ0) is 18.5. The van der Waals surface area contributed by atoms with Crippen molar-refractivity contribution in [2.24, 2.45) is 0 Å². The molecule has 0 fully saturated rings. The van der Waals surface area contributed by atoms with Crippen LogP contribution in [0.5, 0.6) is 28.7 Å². The molecule has 0 aliphatic carbocycles. The Kier molecular flexibility index (Phi) is 4.13. The lowest BCUT2D eigenvalue weighted by atomic mass is 10.0. The molecule has 25 heavy (non-hydrogen) atoms. The molecule has 0 bridgehead atoms. The van der Waals surface area contributed by atoms with Crippen LogP contribution in [-0.4, -0.2) is 16.2 Å². The Hall–Kier alpha value is -2.66. The predicted octanol–water partition coefficient (Wildman–Crippen LogP) is 5.12. The van der Waals surface area contributed by atoms with Crippen LogP contribution in [0.1, 0.15) is 40.9 Å². The fraction of sp³-hybridized carbons (Fsp3) is 0.211. The molecule has 1 heterocycles. The Bertz CT molecular complexity index is 944. The van der Waals surface area contributed by atoms with Gasteiger partial charge in [-0.1, -0.05) is 17.7 Å². The number of benzene rings is 2. The van der Waals surface area contributed by atoms with Gasteiger partial charge in [-0.15, -0.1) is 0 Å². The molecule has 0 spiro atoms. The number of ether oxygens (including phenoxy) is 2. The van der Waals surface area contributed by atoms with Crippen LogP contribution in [0.4, 0.5) is 0 Å². The lowest BCUT2D eigenvalue weighted by Gasteiger charge is -2.16. The van der Waals surface area contributed by atoms with Crippen molar-refractivity contribution in [3.63, 3.8) is 0 Å². The second-order valence-corrected chi connectivity index (χ2v) is 6.28. The van der Waals surface area contributed by atoms with Crippen molar-refractivity contribution in [3.05, 3.63) is 45.5 Å². The number of allylic oxidation sites excluding steroid dienone is 2. The molecule has 1 aliphatic rings. The van der Waals surface area contributed by atoms with Gasteiger partial charge in [0.2, 0.25) is 0 Å². The van der Waals surface area contributed by atoms with E-state index in [1.165, 1.54) is 6.07 Å². The van der Waals surface area contributed by atoms with Crippen molar-refractivity contribution in [1.29, 1.82) is 0 Å². The molecule has 2 N–H and O–H groups in total. The summed E-state index contributed by atoms with van der Waals surface area (Å²) in [5, 5.41) is 20.3. The molecule has 1 aliphatic heterocycles. The normalized spacial score (nSPS) is 13.5. The number of carbonyl (C=O) groups is 1. The smallest absolute Gasteiger partial charge is 0.347 e. The Morgan fingerprint density at radius 1 is 1.08 bits per heavy atom. The molecular formula is C19H17ClO5. The summed E-state index contributed by atoms with van der Waals surface area (Å²) in [5.74, 6) is -0.250. The van der Waals surface area contributed by atoms with Gasteiger partial charge in [-0.05, 0) is 44.9 Å². The monoisotopic (exact) mass is 360 g/mol. The van der Waals surface area contributed by atoms with Crippen molar-refractivity contribution in [2.45, 2.75) is 27.7 Å². The first-order valence-electron chi connectivity index (χ1n) is 7.68. The van der Waals surface area contributed by atoms with Crippen LogP contribution >= 0.6 is 11.6 Å². The van der Waals surface area contributed by atoms with Gasteiger partial charge in [-0.3, -0.25) is 0 Å². The molecule has 5 nitrogen and oxygen atoms in total. The molecule has 0 amide bonds. The fourth-order valence-corrected chi connectivity index (χ4v) is 2.88. The third-order valence-electron chi connectivity index (χ3n) is 4.37. The first kappa shape index (κ1) is 17.2. The third kappa shape index (κ3) is 2.61. The van der Waals surface area contributed by atoms with E-state index in [-0.39, 0.29) is 33.6 Å². The van der Waals surface area contributed by atoms with Gasteiger partial charge in [0.05, 0.1) is 5.02 Å². The highest BCUT2D eigenvalue weighted by Crippen LogP contribution is 2.49. The first-order chi connectivity index (χ1) is 11.8. The second-order valence-electron chi connectivity index (χ2n) is 5.90. The number of hydrogen-bond donors (Lipinski definition) is 2. The van der Waals surface area contributed by atoms with Crippen LogP contribution < -0.4 is 9.47 Å². The summed E-state index contributed by atoms with van der Waals surface area (Å²) in [6.07, 6.45) is 1.85. The molecule has 0 unspecified atom stereocenters. The Morgan fingerprint density at radius 3 is 2.40 bits per heavy atom. The van der Waals surface area contributed by atoms with E-state index in [4.69, 9.17) is 21.1 Å². The van der Waals surface area contributed by atoms with Gasteiger partial charge in [0.25, 0.3) is 0 Å². The van der Waals surface area contributed by atoms with E-state index in [0.717, 1.165) is 5.57 Å². The van der Waals surface area contributed by atoms with Gasteiger partial charge in [0.15, 0.2) is 11.5 Å². The summed E-state index contributed by atoms with van der Waals surface area (Å²) >= 11 is 6.04. The van der Waals surface area contributed by atoms with E-state index in [0.29, 0.717) is 22.4 Å². The highest BCUT2D eigenvalue weighted by atomic mass is 35.5.